The van der Waals surface area contributed by atoms with Crippen LogP contribution in [0, 0.1) is 0 Å². The zero-order valence-electron chi connectivity index (χ0n) is 14.3. The average molecular weight is 410 g/mol. The minimum Gasteiger partial charge on any atom is -0.368 e. The molecular weight excluding hydrogens is 395 g/mol. The molecule has 3 rings (SSSR count). The van der Waals surface area contributed by atoms with E-state index < -0.39 is 11.7 Å². The fraction of sp³-hybridized carbons (Fsp3) is 0.167. The van der Waals surface area contributed by atoms with E-state index in [4.69, 9.17) is 11.6 Å². The molecule has 0 fully saturated rings. The summed E-state index contributed by atoms with van der Waals surface area (Å²) in [7, 11) is 0. The van der Waals surface area contributed by atoms with Crippen molar-refractivity contribution in [2.45, 2.75) is 6.18 Å². The van der Waals surface area contributed by atoms with Gasteiger partial charge in [-0.05, 0) is 30.3 Å². The van der Waals surface area contributed by atoms with Crippen LogP contribution in [0.3, 0.4) is 0 Å². The SMILES string of the molecule is O=C(NCCNc1ccc(C(F)(F)F)cn1)c1cc(-c2cccc(Cl)c2)n[nH]1. The Morgan fingerprint density at radius 3 is 2.64 bits per heavy atom. The lowest BCUT2D eigenvalue weighted by molar-refractivity contribution is -0.137. The summed E-state index contributed by atoms with van der Waals surface area (Å²) in [5, 5.41) is 12.8. The van der Waals surface area contributed by atoms with Gasteiger partial charge in [0, 0.05) is 29.9 Å². The molecular formula is C18H15ClF3N5O. The number of halogens is 4. The van der Waals surface area contributed by atoms with E-state index in [1.54, 1.807) is 24.3 Å². The van der Waals surface area contributed by atoms with Gasteiger partial charge < -0.3 is 10.6 Å². The number of hydrogen-bond donors (Lipinski definition) is 3. The topological polar surface area (TPSA) is 82.7 Å². The first kappa shape index (κ1) is 19.7. The van der Waals surface area contributed by atoms with Crippen LogP contribution in [0.5, 0.6) is 0 Å². The molecule has 0 bridgehead atoms. The highest BCUT2D eigenvalue weighted by atomic mass is 35.5. The van der Waals surface area contributed by atoms with E-state index in [1.165, 1.54) is 6.07 Å². The van der Waals surface area contributed by atoms with Gasteiger partial charge in [-0.1, -0.05) is 23.7 Å². The maximum Gasteiger partial charge on any atom is 0.417 e. The van der Waals surface area contributed by atoms with Crippen LogP contribution in [-0.2, 0) is 6.18 Å². The Labute approximate surface area is 163 Å². The largest absolute Gasteiger partial charge is 0.417 e. The van der Waals surface area contributed by atoms with E-state index in [0.717, 1.165) is 17.8 Å². The number of amides is 1. The highest BCUT2D eigenvalue weighted by Gasteiger charge is 2.30. The van der Waals surface area contributed by atoms with Gasteiger partial charge in [-0.25, -0.2) is 4.98 Å². The summed E-state index contributed by atoms with van der Waals surface area (Å²) < 4.78 is 37.5. The number of anilines is 1. The van der Waals surface area contributed by atoms with Crippen molar-refractivity contribution in [1.29, 1.82) is 0 Å². The van der Waals surface area contributed by atoms with Crippen molar-refractivity contribution in [2.24, 2.45) is 0 Å². The number of alkyl halides is 3. The number of H-pyrrole nitrogens is 1. The number of pyridine rings is 1. The molecule has 1 aromatic carbocycles. The fourth-order valence-corrected chi connectivity index (χ4v) is 2.55. The van der Waals surface area contributed by atoms with E-state index in [1.807, 2.05) is 6.07 Å². The number of nitrogens with one attached hydrogen (secondary N) is 3. The van der Waals surface area contributed by atoms with Crippen LogP contribution < -0.4 is 10.6 Å². The van der Waals surface area contributed by atoms with Crippen molar-refractivity contribution in [1.82, 2.24) is 20.5 Å². The van der Waals surface area contributed by atoms with E-state index in [-0.39, 0.29) is 24.0 Å². The second-order valence-corrected chi connectivity index (χ2v) is 6.23. The van der Waals surface area contributed by atoms with Gasteiger partial charge in [0.2, 0.25) is 0 Å². The Morgan fingerprint density at radius 2 is 1.96 bits per heavy atom. The first-order chi connectivity index (χ1) is 13.3. The third kappa shape index (κ3) is 5.01. The lowest BCUT2D eigenvalue weighted by atomic mass is 10.1. The van der Waals surface area contributed by atoms with Crippen LogP contribution in [0.2, 0.25) is 5.02 Å². The second kappa shape index (κ2) is 8.30. The molecule has 0 saturated carbocycles. The molecule has 0 aliphatic rings. The van der Waals surface area contributed by atoms with Crippen LogP contribution in [-0.4, -0.2) is 34.2 Å². The maximum atomic E-state index is 12.5. The molecule has 6 nitrogen and oxygen atoms in total. The van der Waals surface area contributed by atoms with Crippen molar-refractivity contribution >= 4 is 23.3 Å². The third-order valence-electron chi connectivity index (χ3n) is 3.75. The molecule has 0 aliphatic heterocycles. The summed E-state index contributed by atoms with van der Waals surface area (Å²) in [6.45, 7) is 0.534. The summed E-state index contributed by atoms with van der Waals surface area (Å²) in [5.74, 6) is -0.0741. The Bertz CT molecular complexity index is 956. The molecule has 1 amide bonds. The van der Waals surface area contributed by atoms with E-state index >= 15 is 0 Å². The van der Waals surface area contributed by atoms with Gasteiger partial charge in [0.15, 0.2) is 0 Å². The number of carbonyl (C=O) groups is 1. The molecule has 3 aromatic rings. The van der Waals surface area contributed by atoms with Crippen molar-refractivity contribution in [3.8, 4) is 11.3 Å². The summed E-state index contributed by atoms with van der Waals surface area (Å²) in [5.41, 5.74) is 0.821. The van der Waals surface area contributed by atoms with Crippen LogP contribution in [0.25, 0.3) is 11.3 Å². The zero-order valence-corrected chi connectivity index (χ0v) is 15.1. The van der Waals surface area contributed by atoms with E-state index in [0.29, 0.717) is 17.3 Å². The van der Waals surface area contributed by atoms with Gasteiger partial charge in [-0.2, -0.15) is 18.3 Å². The first-order valence-corrected chi connectivity index (χ1v) is 8.57. The highest BCUT2D eigenvalue weighted by Crippen LogP contribution is 2.28. The number of nitrogens with zero attached hydrogens (tertiary/aromatic N) is 2. The molecule has 0 radical (unpaired) electrons. The Hall–Kier alpha value is -3.07. The van der Waals surface area contributed by atoms with Gasteiger partial charge in [0.25, 0.3) is 5.91 Å². The van der Waals surface area contributed by atoms with Crippen molar-refractivity contribution in [3.05, 3.63) is 64.9 Å². The van der Waals surface area contributed by atoms with Crippen molar-refractivity contribution < 1.29 is 18.0 Å². The molecule has 3 N–H and O–H groups in total. The number of hydrogen-bond acceptors (Lipinski definition) is 4. The molecule has 10 heteroatoms. The van der Waals surface area contributed by atoms with Crippen LogP contribution >= 0.6 is 11.6 Å². The summed E-state index contributed by atoms with van der Waals surface area (Å²) >= 11 is 5.94. The van der Waals surface area contributed by atoms with Gasteiger partial charge in [0.1, 0.15) is 11.5 Å². The smallest absolute Gasteiger partial charge is 0.368 e. The van der Waals surface area contributed by atoms with Gasteiger partial charge in [-0.3, -0.25) is 9.89 Å². The second-order valence-electron chi connectivity index (χ2n) is 5.79. The molecule has 0 saturated heterocycles. The number of carbonyl (C=O) groups excluding carboxylic acids is 1. The van der Waals surface area contributed by atoms with Crippen molar-refractivity contribution in [2.75, 3.05) is 18.4 Å². The highest BCUT2D eigenvalue weighted by molar-refractivity contribution is 6.30. The predicted molar refractivity (Wildman–Crippen MR) is 99.1 cm³/mol. The fourth-order valence-electron chi connectivity index (χ4n) is 2.36. The number of aromatic nitrogens is 3. The van der Waals surface area contributed by atoms with Crippen LogP contribution in [0.1, 0.15) is 16.1 Å². The zero-order chi connectivity index (χ0) is 20.1. The molecule has 0 atom stereocenters. The van der Waals surface area contributed by atoms with Gasteiger partial charge >= 0.3 is 6.18 Å². The number of rotatable bonds is 6. The van der Waals surface area contributed by atoms with Gasteiger partial charge in [-0.15, -0.1) is 0 Å². The molecule has 28 heavy (non-hydrogen) atoms. The minimum absolute atomic E-state index is 0.243. The lowest BCUT2D eigenvalue weighted by Crippen LogP contribution is -2.29. The Kier molecular flexibility index (Phi) is 5.84. The third-order valence-corrected chi connectivity index (χ3v) is 3.99. The van der Waals surface area contributed by atoms with Crippen molar-refractivity contribution in [3.63, 3.8) is 0 Å². The summed E-state index contributed by atoms with van der Waals surface area (Å²) in [6, 6.07) is 10.9. The van der Waals surface area contributed by atoms with Gasteiger partial charge in [0.05, 0.1) is 11.3 Å². The average Bonchev–Trinajstić information content (AvgIpc) is 3.15. The molecule has 0 spiro atoms. The first-order valence-electron chi connectivity index (χ1n) is 8.19. The molecule has 146 valence electrons. The molecule has 2 heterocycles. The minimum atomic E-state index is -4.42. The van der Waals surface area contributed by atoms with Crippen LogP contribution in [0.15, 0.2) is 48.7 Å². The Balaban J connectivity index is 1.48. The lowest BCUT2D eigenvalue weighted by Gasteiger charge is -2.09. The standard InChI is InChI=1S/C18H15ClF3N5O/c19-13-3-1-2-11(8-13)14-9-15(27-26-14)17(28)24-7-6-23-16-5-4-12(10-25-16)18(20,21)22/h1-5,8-10H,6-7H2,(H,23,25)(H,24,28)(H,26,27). The van der Waals surface area contributed by atoms with Crippen LogP contribution in [0.4, 0.5) is 19.0 Å². The normalized spacial score (nSPS) is 11.3. The summed E-state index contributed by atoms with van der Waals surface area (Å²) in [4.78, 5) is 15.8. The number of benzene rings is 1. The number of aromatic amines is 1. The van der Waals surface area contributed by atoms with E-state index in [2.05, 4.69) is 25.8 Å². The molecule has 0 aliphatic carbocycles. The quantitative estimate of drug-likeness (QED) is 0.538. The maximum absolute atomic E-state index is 12.5. The predicted octanol–water partition coefficient (Wildman–Crippen LogP) is 3.99. The van der Waals surface area contributed by atoms with E-state index in [9.17, 15) is 18.0 Å². The molecule has 0 unspecified atom stereocenters. The monoisotopic (exact) mass is 409 g/mol. The summed E-state index contributed by atoms with van der Waals surface area (Å²) in [6.07, 6.45) is -3.67. The molecule has 2 aromatic heterocycles. The Morgan fingerprint density at radius 1 is 1.14 bits per heavy atom.